The highest BCUT2D eigenvalue weighted by molar-refractivity contribution is 7.26. The molecule has 0 radical (unpaired) electrons. The molecular weight excluding hydrogens is 609 g/mol. The van der Waals surface area contributed by atoms with Crippen molar-refractivity contribution in [2.75, 3.05) is 0 Å². The van der Waals surface area contributed by atoms with Crippen molar-refractivity contribution in [3.05, 3.63) is 158 Å². The average Bonchev–Trinajstić information content (AvgIpc) is 3.82. The number of hydrogen-bond acceptors (Lipinski definition) is 1. The Balaban J connectivity index is 1.46. The Bertz CT molecular complexity index is 3290. The molecule has 0 fully saturated rings. The van der Waals surface area contributed by atoms with Crippen LogP contribution in [0.3, 0.4) is 0 Å². The van der Waals surface area contributed by atoms with Crippen molar-refractivity contribution in [3.63, 3.8) is 0 Å². The topological polar surface area (TPSA) is 0 Å². The first-order valence-corrected chi connectivity index (χ1v) is 17.8. The first-order valence-electron chi connectivity index (χ1n) is 17.0. The molecule has 224 valence electrons. The van der Waals surface area contributed by atoms with Gasteiger partial charge in [-0.05, 0) is 110 Å². The maximum Gasteiger partial charge on any atom is 0.0434 e. The van der Waals surface area contributed by atoms with Gasteiger partial charge in [0.25, 0.3) is 0 Å². The summed E-state index contributed by atoms with van der Waals surface area (Å²) in [6.07, 6.45) is 0. The second-order valence-corrected chi connectivity index (χ2v) is 14.5. The zero-order valence-electron chi connectivity index (χ0n) is 26.4. The summed E-state index contributed by atoms with van der Waals surface area (Å²) in [6.45, 7) is 0. The Morgan fingerprint density at radius 3 is 1.53 bits per heavy atom. The first-order chi connectivity index (χ1) is 24.3. The van der Waals surface area contributed by atoms with Gasteiger partial charge < -0.3 is 0 Å². The van der Waals surface area contributed by atoms with Crippen LogP contribution in [0.5, 0.6) is 0 Å². The van der Waals surface area contributed by atoms with Gasteiger partial charge in [0.05, 0.1) is 0 Å². The van der Waals surface area contributed by atoms with E-state index in [-0.39, 0.29) is 0 Å². The van der Waals surface area contributed by atoms with Gasteiger partial charge in [-0.25, -0.2) is 0 Å². The van der Waals surface area contributed by atoms with E-state index >= 15 is 0 Å². The minimum Gasteiger partial charge on any atom is -0.135 e. The standard InChI is InChI=1S/C48H26S/c1-3-13-27(14-4-1)41-38-25-36-30-18-8-7-17-29(30)32-20-11-21-33(43(32)36)45(38)42(28-15-5-2-6-16-28)46-34-22-12-23-35-44(34)39(47(41)46)26-37-31-19-9-10-24-40(31)49-48(35)37/h1-26H. The van der Waals surface area contributed by atoms with Crippen LogP contribution in [0.15, 0.2) is 158 Å². The molecular formula is C48H26S. The SMILES string of the molecule is c1ccc(-c2c3cc4c5ccccc5c5cccc(c3c(-c3ccccc3)c3c6cccc7c8sc9ccccc9c8cc(c23)c76)c54)cc1. The zero-order chi connectivity index (χ0) is 31.8. The molecule has 0 amide bonds. The second-order valence-electron chi connectivity index (χ2n) is 13.5. The van der Waals surface area contributed by atoms with Crippen molar-refractivity contribution in [1.82, 2.24) is 0 Å². The predicted molar refractivity (Wildman–Crippen MR) is 215 cm³/mol. The van der Waals surface area contributed by atoms with Crippen molar-refractivity contribution < 1.29 is 0 Å². The molecule has 0 saturated heterocycles. The van der Waals surface area contributed by atoms with Crippen molar-refractivity contribution in [1.29, 1.82) is 0 Å². The molecule has 1 heterocycles. The van der Waals surface area contributed by atoms with Gasteiger partial charge in [-0.15, -0.1) is 11.3 Å². The third-order valence-corrected chi connectivity index (χ3v) is 12.3. The molecule has 0 nitrogen and oxygen atoms in total. The van der Waals surface area contributed by atoms with Crippen LogP contribution in [0.1, 0.15) is 0 Å². The third kappa shape index (κ3) is 3.24. The van der Waals surface area contributed by atoms with E-state index in [9.17, 15) is 0 Å². The molecule has 0 bridgehead atoms. The number of fused-ring (bicyclic) bond motifs is 12. The molecule has 1 heteroatoms. The lowest BCUT2D eigenvalue weighted by Gasteiger charge is -2.19. The monoisotopic (exact) mass is 634 g/mol. The Morgan fingerprint density at radius 1 is 0.265 bits per heavy atom. The van der Waals surface area contributed by atoms with Gasteiger partial charge in [-0.1, -0.05) is 140 Å². The zero-order valence-corrected chi connectivity index (χ0v) is 27.2. The molecule has 0 unspecified atom stereocenters. The average molecular weight is 635 g/mol. The minimum absolute atomic E-state index is 1.26. The summed E-state index contributed by atoms with van der Waals surface area (Å²) >= 11 is 1.93. The predicted octanol–water partition coefficient (Wildman–Crippen LogP) is 14.3. The molecule has 0 atom stereocenters. The molecule has 0 N–H and O–H groups in total. The summed E-state index contributed by atoms with van der Waals surface area (Å²) < 4.78 is 2.72. The van der Waals surface area contributed by atoms with Crippen LogP contribution in [0, 0.1) is 0 Å². The van der Waals surface area contributed by atoms with E-state index in [0.717, 1.165) is 0 Å². The van der Waals surface area contributed by atoms with Crippen LogP contribution in [-0.4, -0.2) is 0 Å². The van der Waals surface area contributed by atoms with Gasteiger partial charge in [0.2, 0.25) is 0 Å². The Labute approximate surface area is 285 Å². The Morgan fingerprint density at radius 2 is 0.776 bits per heavy atom. The summed E-state index contributed by atoms with van der Waals surface area (Å²) in [5.74, 6) is 0. The lowest BCUT2D eigenvalue weighted by atomic mass is 9.84. The largest absolute Gasteiger partial charge is 0.135 e. The normalized spacial score (nSPS) is 12.5. The molecule has 0 saturated carbocycles. The lowest BCUT2D eigenvalue weighted by molar-refractivity contribution is 1.68. The smallest absolute Gasteiger partial charge is 0.0434 e. The molecule has 12 aromatic rings. The summed E-state index contributed by atoms with van der Waals surface area (Å²) in [5.41, 5.74) is 5.18. The van der Waals surface area contributed by atoms with Gasteiger partial charge in [0, 0.05) is 25.6 Å². The van der Waals surface area contributed by atoms with E-state index in [0.29, 0.717) is 0 Å². The number of thiophene rings is 1. The van der Waals surface area contributed by atoms with Crippen LogP contribution < -0.4 is 0 Å². The van der Waals surface area contributed by atoms with E-state index in [1.807, 2.05) is 11.3 Å². The van der Waals surface area contributed by atoms with Crippen molar-refractivity contribution >= 4 is 107 Å². The summed E-state index contributed by atoms with van der Waals surface area (Å²) in [5, 5.41) is 21.5. The maximum absolute atomic E-state index is 2.53. The van der Waals surface area contributed by atoms with Crippen molar-refractivity contribution in [3.8, 4) is 22.3 Å². The highest BCUT2D eigenvalue weighted by Gasteiger charge is 2.27. The molecule has 0 aliphatic heterocycles. The number of hydrogen-bond donors (Lipinski definition) is 0. The van der Waals surface area contributed by atoms with Gasteiger partial charge in [-0.2, -0.15) is 0 Å². The van der Waals surface area contributed by atoms with Gasteiger partial charge >= 0.3 is 0 Å². The Kier molecular flexibility index (Phi) is 4.94. The van der Waals surface area contributed by atoms with E-state index in [1.54, 1.807) is 0 Å². The molecule has 0 aliphatic rings. The third-order valence-electron chi connectivity index (χ3n) is 11.1. The van der Waals surface area contributed by atoms with Gasteiger partial charge in [-0.3, -0.25) is 0 Å². The summed E-state index contributed by atoms with van der Waals surface area (Å²) in [4.78, 5) is 0. The van der Waals surface area contributed by atoms with Crippen LogP contribution in [0.25, 0.3) is 118 Å². The molecule has 0 spiro atoms. The van der Waals surface area contributed by atoms with Crippen LogP contribution >= 0.6 is 11.3 Å². The molecule has 12 rings (SSSR count). The van der Waals surface area contributed by atoms with E-state index in [2.05, 4.69) is 158 Å². The van der Waals surface area contributed by atoms with Crippen LogP contribution in [0.4, 0.5) is 0 Å². The lowest BCUT2D eigenvalue weighted by Crippen LogP contribution is -1.91. The summed E-state index contributed by atoms with van der Waals surface area (Å²) in [6, 6.07) is 59.2. The second kappa shape index (κ2) is 9.32. The highest BCUT2D eigenvalue weighted by Crippen LogP contribution is 2.56. The van der Waals surface area contributed by atoms with E-state index in [4.69, 9.17) is 0 Å². The van der Waals surface area contributed by atoms with Crippen LogP contribution in [-0.2, 0) is 0 Å². The number of rotatable bonds is 2. The Hall–Kier alpha value is -6.02. The fraction of sp³-hybridized carbons (Fsp3) is 0. The highest BCUT2D eigenvalue weighted by atomic mass is 32.1. The van der Waals surface area contributed by atoms with E-state index < -0.39 is 0 Å². The summed E-state index contributed by atoms with van der Waals surface area (Å²) in [7, 11) is 0. The minimum atomic E-state index is 1.26. The van der Waals surface area contributed by atoms with Crippen molar-refractivity contribution in [2.24, 2.45) is 0 Å². The van der Waals surface area contributed by atoms with Crippen LogP contribution in [0.2, 0.25) is 0 Å². The van der Waals surface area contributed by atoms with Crippen molar-refractivity contribution in [2.45, 2.75) is 0 Å². The fourth-order valence-electron chi connectivity index (χ4n) is 9.25. The molecule has 49 heavy (non-hydrogen) atoms. The quantitative estimate of drug-likeness (QED) is 0.166. The first kappa shape index (κ1) is 26.0. The fourth-order valence-corrected chi connectivity index (χ4v) is 10.5. The number of benzene rings is 9. The maximum atomic E-state index is 2.53. The van der Waals surface area contributed by atoms with Gasteiger partial charge in [0.1, 0.15) is 0 Å². The molecule has 0 aliphatic carbocycles. The molecule has 1 aromatic heterocycles. The van der Waals surface area contributed by atoms with E-state index in [1.165, 1.54) is 118 Å². The van der Waals surface area contributed by atoms with Gasteiger partial charge in [0.15, 0.2) is 0 Å². The molecule has 11 aromatic carbocycles.